The number of hydrogen-bond acceptors (Lipinski definition) is 3. The molecule has 1 aliphatic heterocycles. The SMILES string of the molecule is CC(C)(C)C1(Nc2ccc(C#N)c3[nH]ccc23)CCN1C(=O)O. The van der Waals surface area contributed by atoms with Crippen molar-refractivity contribution in [3.05, 3.63) is 30.0 Å². The summed E-state index contributed by atoms with van der Waals surface area (Å²) in [6.07, 6.45) is 1.61. The minimum absolute atomic E-state index is 0.278. The molecule has 2 heterocycles. The number of H-pyrrole nitrogens is 1. The average Bonchev–Trinajstić information content (AvgIpc) is 2.90. The number of likely N-dealkylation sites (tertiary alicyclic amines) is 1. The molecule has 6 nitrogen and oxygen atoms in total. The van der Waals surface area contributed by atoms with Crippen molar-refractivity contribution in [1.82, 2.24) is 9.88 Å². The first-order valence-corrected chi connectivity index (χ1v) is 7.59. The molecule has 2 aromatic rings. The molecule has 0 radical (unpaired) electrons. The van der Waals surface area contributed by atoms with Gasteiger partial charge in [-0.3, -0.25) is 4.90 Å². The Morgan fingerprint density at radius 1 is 1.43 bits per heavy atom. The normalized spacial score (nSPS) is 20.9. The number of aromatic nitrogens is 1. The maximum atomic E-state index is 11.6. The number of fused-ring (bicyclic) bond motifs is 1. The van der Waals surface area contributed by atoms with E-state index in [2.05, 4.69) is 16.4 Å². The van der Waals surface area contributed by atoms with E-state index in [1.54, 1.807) is 12.3 Å². The van der Waals surface area contributed by atoms with Gasteiger partial charge in [-0.15, -0.1) is 0 Å². The van der Waals surface area contributed by atoms with E-state index in [1.807, 2.05) is 32.9 Å². The van der Waals surface area contributed by atoms with E-state index in [-0.39, 0.29) is 5.41 Å². The van der Waals surface area contributed by atoms with Crippen molar-refractivity contribution in [2.75, 3.05) is 11.9 Å². The van der Waals surface area contributed by atoms with Crippen LogP contribution >= 0.6 is 0 Å². The molecule has 1 unspecified atom stereocenters. The number of carbonyl (C=O) groups is 1. The van der Waals surface area contributed by atoms with Gasteiger partial charge in [0.15, 0.2) is 0 Å². The van der Waals surface area contributed by atoms with Crippen LogP contribution in [0.4, 0.5) is 10.5 Å². The maximum absolute atomic E-state index is 11.6. The summed E-state index contributed by atoms with van der Waals surface area (Å²) < 4.78 is 0. The molecule has 1 amide bonds. The molecule has 23 heavy (non-hydrogen) atoms. The Labute approximate surface area is 134 Å². The van der Waals surface area contributed by atoms with E-state index in [0.717, 1.165) is 23.0 Å². The van der Waals surface area contributed by atoms with E-state index < -0.39 is 11.8 Å². The van der Waals surface area contributed by atoms with E-state index in [9.17, 15) is 15.2 Å². The highest BCUT2D eigenvalue weighted by atomic mass is 16.4. The maximum Gasteiger partial charge on any atom is 0.409 e. The Morgan fingerprint density at radius 2 is 2.17 bits per heavy atom. The Morgan fingerprint density at radius 3 is 2.70 bits per heavy atom. The number of rotatable bonds is 2. The first kappa shape index (κ1) is 15.2. The summed E-state index contributed by atoms with van der Waals surface area (Å²) >= 11 is 0. The summed E-state index contributed by atoms with van der Waals surface area (Å²) in [5.74, 6) is 0. The number of carboxylic acid groups (broad SMARTS) is 1. The molecule has 0 spiro atoms. The quantitative estimate of drug-likeness (QED) is 0.790. The third kappa shape index (κ3) is 2.12. The molecule has 1 aromatic heterocycles. The van der Waals surface area contributed by atoms with Crippen LogP contribution in [0, 0.1) is 16.7 Å². The average molecular weight is 312 g/mol. The summed E-state index contributed by atoms with van der Waals surface area (Å²) in [6.45, 7) is 6.62. The first-order valence-electron chi connectivity index (χ1n) is 7.59. The molecular formula is C17H20N4O2. The van der Waals surface area contributed by atoms with Gasteiger partial charge < -0.3 is 15.4 Å². The van der Waals surface area contributed by atoms with Gasteiger partial charge in [-0.2, -0.15) is 5.26 Å². The topological polar surface area (TPSA) is 92.2 Å². The zero-order chi connectivity index (χ0) is 16.8. The number of nitriles is 1. The fraction of sp³-hybridized carbons (Fsp3) is 0.412. The number of hydrogen-bond donors (Lipinski definition) is 3. The molecule has 120 valence electrons. The third-order valence-corrected chi connectivity index (χ3v) is 4.81. The summed E-state index contributed by atoms with van der Waals surface area (Å²) in [6, 6.07) is 7.67. The number of benzene rings is 1. The summed E-state index contributed by atoms with van der Waals surface area (Å²) in [5.41, 5.74) is 1.24. The molecule has 0 bridgehead atoms. The highest BCUT2D eigenvalue weighted by Crippen LogP contribution is 2.46. The lowest BCUT2D eigenvalue weighted by Crippen LogP contribution is -2.72. The first-order chi connectivity index (χ1) is 10.8. The van der Waals surface area contributed by atoms with Crippen LogP contribution in [0.15, 0.2) is 24.4 Å². The van der Waals surface area contributed by atoms with Gasteiger partial charge in [0.2, 0.25) is 0 Å². The second kappa shape index (κ2) is 4.92. The van der Waals surface area contributed by atoms with Crippen LogP contribution in [-0.2, 0) is 0 Å². The number of nitrogens with zero attached hydrogens (tertiary/aromatic N) is 2. The van der Waals surface area contributed by atoms with Crippen molar-refractivity contribution < 1.29 is 9.90 Å². The number of aromatic amines is 1. The second-order valence-corrected chi connectivity index (χ2v) is 6.96. The van der Waals surface area contributed by atoms with E-state index in [1.165, 1.54) is 4.90 Å². The molecule has 6 heteroatoms. The minimum Gasteiger partial charge on any atom is -0.465 e. The fourth-order valence-corrected chi connectivity index (χ4v) is 3.38. The Hall–Kier alpha value is -2.68. The molecule has 0 aliphatic carbocycles. The van der Waals surface area contributed by atoms with Gasteiger partial charge >= 0.3 is 6.09 Å². The van der Waals surface area contributed by atoms with Crippen molar-refractivity contribution in [2.24, 2.45) is 5.41 Å². The molecule has 1 saturated heterocycles. The molecule has 3 N–H and O–H groups in total. The molecular weight excluding hydrogens is 292 g/mol. The molecule has 1 aliphatic rings. The van der Waals surface area contributed by atoms with Crippen LogP contribution in [0.1, 0.15) is 32.8 Å². The largest absolute Gasteiger partial charge is 0.465 e. The summed E-state index contributed by atoms with van der Waals surface area (Å²) in [7, 11) is 0. The number of amides is 1. The highest BCUT2D eigenvalue weighted by molar-refractivity contribution is 5.95. The Kier molecular flexibility index (Phi) is 3.25. The molecule has 1 fully saturated rings. The lowest BCUT2D eigenvalue weighted by molar-refractivity contribution is -0.0510. The predicted octanol–water partition coefficient (Wildman–Crippen LogP) is 3.58. The van der Waals surface area contributed by atoms with Crippen molar-refractivity contribution in [2.45, 2.75) is 32.9 Å². The van der Waals surface area contributed by atoms with Crippen LogP contribution < -0.4 is 5.32 Å². The zero-order valence-corrected chi connectivity index (χ0v) is 13.5. The summed E-state index contributed by atoms with van der Waals surface area (Å²) in [5, 5.41) is 23.1. The van der Waals surface area contributed by atoms with Gasteiger partial charge in [-0.05, 0) is 18.2 Å². The third-order valence-electron chi connectivity index (χ3n) is 4.81. The Balaban J connectivity index is 2.08. The minimum atomic E-state index is -0.919. The van der Waals surface area contributed by atoms with Crippen LogP contribution in [-0.4, -0.2) is 33.3 Å². The van der Waals surface area contributed by atoms with Crippen LogP contribution in [0.25, 0.3) is 10.9 Å². The molecule has 0 saturated carbocycles. The monoisotopic (exact) mass is 312 g/mol. The fourth-order valence-electron chi connectivity index (χ4n) is 3.38. The summed E-state index contributed by atoms with van der Waals surface area (Å²) in [4.78, 5) is 16.1. The lowest BCUT2D eigenvalue weighted by Gasteiger charge is -2.59. The van der Waals surface area contributed by atoms with E-state index >= 15 is 0 Å². The van der Waals surface area contributed by atoms with Crippen molar-refractivity contribution in [3.63, 3.8) is 0 Å². The smallest absolute Gasteiger partial charge is 0.409 e. The van der Waals surface area contributed by atoms with Gasteiger partial charge in [0, 0.05) is 35.7 Å². The van der Waals surface area contributed by atoms with Gasteiger partial charge in [0.25, 0.3) is 0 Å². The lowest BCUT2D eigenvalue weighted by atomic mass is 9.72. The molecule has 1 aromatic carbocycles. The van der Waals surface area contributed by atoms with Crippen molar-refractivity contribution in [1.29, 1.82) is 5.26 Å². The predicted molar refractivity (Wildman–Crippen MR) is 88.2 cm³/mol. The standard InChI is InChI=1S/C17H20N4O2/c1-16(2,3)17(7-9-21(17)15(22)23)20-13-5-4-11(10-18)14-12(13)6-8-19-14/h4-6,8,19-20H,7,9H2,1-3H3,(H,22,23). The number of anilines is 1. The van der Waals surface area contributed by atoms with Gasteiger partial charge in [0.1, 0.15) is 11.7 Å². The van der Waals surface area contributed by atoms with Gasteiger partial charge in [0.05, 0.1) is 11.1 Å². The van der Waals surface area contributed by atoms with Crippen LogP contribution in [0.5, 0.6) is 0 Å². The van der Waals surface area contributed by atoms with E-state index in [0.29, 0.717) is 12.1 Å². The van der Waals surface area contributed by atoms with Gasteiger partial charge in [-0.1, -0.05) is 20.8 Å². The van der Waals surface area contributed by atoms with Crippen molar-refractivity contribution >= 4 is 22.7 Å². The number of nitrogens with one attached hydrogen (secondary N) is 2. The van der Waals surface area contributed by atoms with Crippen molar-refractivity contribution in [3.8, 4) is 6.07 Å². The van der Waals surface area contributed by atoms with Gasteiger partial charge in [-0.25, -0.2) is 4.79 Å². The van der Waals surface area contributed by atoms with Crippen LogP contribution in [0.3, 0.4) is 0 Å². The van der Waals surface area contributed by atoms with Crippen LogP contribution in [0.2, 0.25) is 0 Å². The second-order valence-electron chi connectivity index (χ2n) is 6.96. The Bertz CT molecular complexity index is 812. The van der Waals surface area contributed by atoms with E-state index in [4.69, 9.17) is 0 Å². The molecule has 1 atom stereocenters. The molecule has 3 rings (SSSR count). The highest BCUT2D eigenvalue weighted by Gasteiger charge is 2.55. The zero-order valence-electron chi connectivity index (χ0n) is 13.5.